The maximum atomic E-state index is 11.3. The standard InChI is InChI=1S/C10H12NO5/c1-14-9-4-7(6-12)8(11(13)16-3)5-10(9)15-2/h4-6H,1-3H3/q+1. The van der Waals surface area contributed by atoms with Crippen molar-refractivity contribution >= 4 is 12.0 Å². The lowest BCUT2D eigenvalue weighted by atomic mass is 10.1. The number of hydrogen-bond donors (Lipinski definition) is 0. The third-order valence-corrected chi connectivity index (χ3v) is 2.02. The van der Waals surface area contributed by atoms with Gasteiger partial charge in [0, 0.05) is 6.07 Å². The van der Waals surface area contributed by atoms with Crippen molar-refractivity contribution < 1.29 is 24.0 Å². The molecule has 0 unspecified atom stereocenters. The second kappa shape index (κ2) is 5.11. The lowest BCUT2D eigenvalue weighted by Crippen LogP contribution is -2.03. The first-order chi connectivity index (χ1) is 7.67. The Bertz CT molecular complexity index is 416. The van der Waals surface area contributed by atoms with Gasteiger partial charge in [0.1, 0.15) is 5.56 Å². The first kappa shape index (κ1) is 12.0. The molecule has 0 radical (unpaired) electrons. The molecule has 0 saturated carbocycles. The summed E-state index contributed by atoms with van der Waals surface area (Å²) >= 11 is 0. The molecule has 0 spiro atoms. The molecule has 0 saturated heterocycles. The van der Waals surface area contributed by atoms with Crippen LogP contribution in [-0.4, -0.2) is 32.5 Å². The van der Waals surface area contributed by atoms with Crippen LogP contribution in [0.3, 0.4) is 0 Å². The van der Waals surface area contributed by atoms with E-state index in [1.54, 1.807) is 0 Å². The molecule has 1 rings (SSSR count). The maximum absolute atomic E-state index is 11.3. The fraction of sp³-hybridized carbons (Fsp3) is 0.300. The number of hydrogen-bond acceptors (Lipinski definition) is 5. The molecule has 0 N–H and O–H groups in total. The molecule has 1 aromatic rings. The van der Waals surface area contributed by atoms with Crippen molar-refractivity contribution in [2.45, 2.75) is 0 Å². The molecule has 0 aliphatic rings. The molecule has 86 valence electrons. The highest BCUT2D eigenvalue weighted by atomic mass is 16.8. The summed E-state index contributed by atoms with van der Waals surface area (Å²) in [5.41, 5.74) is 0.227. The highest BCUT2D eigenvalue weighted by Crippen LogP contribution is 2.33. The minimum absolute atomic E-state index is 0.0650. The Labute approximate surface area is 92.3 Å². The van der Waals surface area contributed by atoms with E-state index in [0.717, 1.165) is 0 Å². The number of methoxy groups -OCH3 is 2. The predicted molar refractivity (Wildman–Crippen MR) is 55.2 cm³/mol. The van der Waals surface area contributed by atoms with Crippen LogP contribution in [0, 0.1) is 4.91 Å². The molecule has 0 amide bonds. The van der Waals surface area contributed by atoms with Crippen LogP contribution >= 0.6 is 0 Å². The van der Waals surface area contributed by atoms with Crippen LogP contribution in [-0.2, 0) is 4.84 Å². The van der Waals surface area contributed by atoms with E-state index in [4.69, 9.17) is 9.47 Å². The van der Waals surface area contributed by atoms with Gasteiger partial charge in [-0.05, 0) is 0 Å². The summed E-state index contributed by atoms with van der Waals surface area (Å²) in [4.78, 5) is 26.8. The molecule has 0 fully saturated rings. The van der Waals surface area contributed by atoms with E-state index in [2.05, 4.69) is 4.84 Å². The smallest absolute Gasteiger partial charge is 0.331 e. The zero-order valence-corrected chi connectivity index (χ0v) is 9.22. The summed E-state index contributed by atoms with van der Waals surface area (Å²) in [5.74, 6) is 0.721. The number of rotatable bonds is 5. The fourth-order valence-electron chi connectivity index (χ4n) is 1.23. The Morgan fingerprint density at radius 1 is 1.12 bits per heavy atom. The van der Waals surface area contributed by atoms with E-state index >= 15 is 0 Å². The third-order valence-electron chi connectivity index (χ3n) is 2.02. The van der Waals surface area contributed by atoms with Crippen LogP contribution in [0.1, 0.15) is 10.4 Å². The largest absolute Gasteiger partial charge is 0.493 e. The van der Waals surface area contributed by atoms with Gasteiger partial charge in [-0.3, -0.25) is 4.79 Å². The van der Waals surface area contributed by atoms with Gasteiger partial charge in [0.2, 0.25) is 0 Å². The zero-order chi connectivity index (χ0) is 12.1. The van der Waals surface area contributed by atoms with Gasteiger partial charge in [-0.25, -0.2) is 4.84 Å². The molecule has 0 bridgehead atoms. The second-order valence-electron chi connectivity index (χ2n) is 2.82. The molecule has 6 nitrogen and oxygen atoms in total. The molecule has 0 heterocycles. The molecule has 6 heteroatoms. The first-order valence-electron chi connectivity index (χ1n) is 4.40. The van der Waals surface area contributed by atoms with Crippen LogP contribution in [0.15, 0.2) is 12.1 Å². The van der Waals surface area contributed by atoms with Crippen LogP contribution in [0.2, 0.25) is 0 Å². The van der Waals surface area contributed by atoms with Crippen molar-refractivity contribution in [2.75, 3.05) is 21.3 Å². The molecule has 0 atom stereocenters. The summed E-state index contributed by atoms with van der Waals surface area (Å²) in [6.07, 6.45) is 0.543. The van der Waals surface area contributed by atoms with E-state index in [1.807, 2.05) is 0 Å². The minimum Gasteiger partial charge on any atom is -0.493 e. The van der Waals surface area contributed by atoms with E-state index in [9.17, 15) is 9.70 Å². The average Bonchev–Trinajstić information content (AvgIpc) is 2.35. The van der Waals surface area contributed by atoms with Gasteiger partial charge in [-0.1, -0.05) is 0 Å². The SMILES string of the molecule is COc1cc(C=O)c([N+](=O)OC)cc1OC. The Kier molecular flexibility index (Phi) is 3.82. The lowest BCUT2D eigenvalue weighted by molar-refractivity contribution is -0.736. The average molecular weight is 226 g/mol. The number of carbonyl (C=O) groups excluding carboxylic acids is 1. The molecular weight excluding hydrogens is 214 g/mol. The van der Waals surface area contributed by atoms with Gasteiger partial charge in [0.05, 0.1) is 25.2 Å². The van der Waals surface area contributed by atoms with Crippen LogP contribution in [0.25, 0.3) is 0 Å². The summed E-state index contributed by atoms with van der Waals surface area (Å²) in [5, 5.41) is 0. The zero-order valence-electron chi connectivity index (χ0n) is 9.22. The molecule has 0 aliphatic heterocycles. The first-order valence-corrected chi connectivity index (χ1v) is 4.40. The van der Waals surface area contributed by atoms with Gasteiger partial charge in [0.25, 0.3) is 4.92 Å². The second-order valence-corrected chi connectivity index (χ2v) is 2.82. The summed E-state index contributed by atoms with van der Waals surface area (Å²) in [7, 11) is 4.08. The van der Waals surface area contributed by atoms with Gasteiger partial charge >= 0.3 is 5.69 Å². The van der Waals surface area contributed by atoms with E-state index < -0.39 is 0 Å². The predicted octanol–water partition coefficient (Wildman–Crippen LogP) is 1.49. The summed E-state index contributed by atoms with van der Waals surface area (Å²) < 4.78 is 10.0. The van der Waals surface area contributed by atoms with Gasteiger partial charge < -0.3 is 9.47 Å². The van der Waals surface area contributed by atoms with Crippen molar-refractivity contribution in [3.8, 4) is 11.5 Å². The monoisotopic (exact) mass is 226 g/mol. The Morgan fingerprint density at radius 2 is 1.69 bits per heavy atom. The van der Waals surface area contributed by atoms with Crippen molar-refractivity contribution in [3.05, 3.63) is 22.6 Å². The molecule has 0 aromatic heterocycles. The van der Waals surface area contributed by atoms with Crippen molar-refractivity contribution in [2.24, 2.45) is 0 Å². The third kappa shape index (κ3) is 2.10. The Morgan fingerprint density at radius 3 is 2.12 bits per heavy atom. The number of carbonyl (C=O) groups is 1. The highest BCUT2D eigenvalue weighted by Gasteiger charge is 2.24. The van der Waals surface area contributed by atoms with Gasteiger partial charge in [-0.2, -0.15) is 0 Å². The molecule has 0 aliphatic carbocycles. The quantitative estimate of drug-likeness (QED) is 0.562. The summed E-state index contributed by atoms with van der Waals surface area (Å²) in [6.45, 7) is 0. The minimum atomic E-state index is 0.0650. The Hall–Kier alpha value is -2.11. The van der Waals surface area contributed by atoms with Crippen LogP contribution in [0.4, 0.5) is 5.69 Å². The van der Waals surface area contributed by atoms with Crippen molar-refractivity contribution in [1.82, 2.24) is 0 Å². The van der Waals surface area contributed by atoms with Crippen LogP contribution in [0.5, 0.6) is 11.5 Å². The van der Waals surface area contributed by atoms with E-state index in [-0.39, 0.29) is 16.2 Å². The normalized spacial score (nSPS) is 9.44. The highest BCUT2D eigenvalue weighted by molar-refractivity contribution is 5.83. The molecule has 1 aromatic carbocycles. The van der Waals surface area contributed by atoms with Crippen molar-refractivity contribution in [3.63, 3.8) is 0 Å². The Balaban J connectivity index is 3.37. The number of aldehydes is 1. The van der Waals surface area contributed by atoms with Gasteiger partial charge in [0.15, 0.2) is 24.9 Å². The lowest BCUT2D eigenvalue weighted by Gasteiger charge is -2.06. The summed E-state index contributed by atoms with van der Waals surface area (Å²) in [6, 6.07) is 2.78. The molecular formula is C10H12NO5+. The fourth-order valence-corrected chi connectivity index (χ4v) is 1.23. The van der Waals surface area contributed by atoms with Crippen LogP contribution < -0.4 is 9.47 Å². The topological polar surface area (TPSA) is 64.8 Å². The van der Waals surface area contributed by atoms with E-state index in [0.29, 0.717) is 17.8 Å². The molecule has 16 heavy (non-hydrogen) atoms. The van der Waals surface area contributed by atoms with Crippen molar-refractivity contribution in [1.29, 1.82) is 0 Å². The number of nitrogens with zero attached hydrogens (tertiary/aromatic N) is 1. The van der Waals surface area contributed by atoms with E-state index in [1.165, 1.54) is 33.5 Å². The maximum Gasteiger partial charge on any atom is 0.331 e. The number of benzene rings is 1. The number of ether oxygens (including phenoxy) is 2. The van der Waals surface area contributed by atoms with Gasteiger partial charge in [-0.15, -0.1) is 0 Å².